The normalized spacial score (nSPS) is 13.3. The van der Waals surface area contributed by atoms with Crippen molar-refractivity contribution in [3.63, 3.8) is 0 Å². The van der Waals surface area contributed by atoms with E-state index in [1.54, 1.807) is 17.8 Å². The van der Waals surface area contributed by atoms with Gasteiger partial charge in [0.1, 0.15) is 11.8 Å². The van der Waals surface area contributed by atoms with E-state index < -0.39 is 6.10 Å². The molecule has 6 nitrogen and oxygen atoms in total. The van der Waals surface area contributed by atoms with E-state index in [1.165, 1.54) is 6.33 Å². The van der Waals surface area contributed by atoms with Gasteiger partial charge in [0.25, 0.3) is 0 Å². The zero-order valence-electron chi connectivity index (χ0n) is 7.75. The minimum atomic E-state index is -0.452. The number of rotatable bonds is 2. The standard InChI is InChI=1S/C8H11N5O/c1-5(14)2-13-4-12-8-6(13)7(9)10-3-11-8/h3-5,14H,2H2,1H3,(H2,9,10,11)/t5-/m1/s1. The smallest absolute Gasteiger partial charge is 0.182 e. The summed E-state index contributed by atoms with van der Waals surface area (Å²) in [6, 6.07) is 0. The zero-order chi connectivity index (χ0) is 10.1. The number of nitrogens with two attached hydrogens (primary N) is 1. The Kier molecular flexibility index (Phi) is 2.05. The Hall–Kier alpha value is -1.69. The van der Waals surface area contributed by atoms with Crippen LogP contribution in [0.2, 0.25) is 0 Å². The summed E-state index contributed by atoms with van der Waals surface area (Å²) in [4.78, 5) is 11.9. The lowest BCUT2D eigenvalue weighted by atomic mass is 10.4. The van der Waals surface area contributed by atoms with E-state index >= 15 is 0 Å². The highest BCUT2D eigenvalue weighted by Gasteiger charge is 2.09. The first-order chi connectivity index (χ1) is 6.68. The molecule has 3 N–H and O–H groups in total. The van der Waals surface area contributed by atoms with Crippen LogP contribution in [0.5, 0.6) is 0 Å². The molecule has 0 bridgehead atoms. The number of hydrogen-bond acceptors (Lipinski definition) is 5. The van der Waals surface area contributed by atoms with Crippen molar-refractivity contribution < 1.29 is 5.11 Å². The number of aliphatic hydroxyl groups is 1. The molecule has 0 aliphatic heterocycles. The third kappa shape index (κ3) is 1.39. The number of fused-ring (bicyclic) bond motifs is 1. The van der Waals surface area contributed by atoms with E-state index in [1.807, 2.05) is 0 Å². The summed E-state index contributed by atoms with van der Waals surface area (Å²) in [6.45, 7) is 2.14. The van der Waals surface area contributed by atoms with Crippen molar-refractivity contribution in [1.82, 2.24) is 19.5 Å². The van der Waals surface area contributed by atoms with Gasteiger partial charge in [0.15, 0.2) is 11.5 Å². The molecular weight excluding hydrogens is 182 g/mol. The molecule has 0 saturated carbocycles. The molecule has 0 amide bonds. The fourth-order valence-corrected chi connectivity index (χ4v) is 1.36. The van der Waals surface area contributed by atoms with Gasteiger partial charge in [0.05, 0.1) is 12.4 Å². The first-order valence-electron chi connectivity index (χ1n) is 4.28. The van der Waals surface area contributed by atoms with Gasteiger partial charge in [-0.1, -0.05) is 0 Å². The topological polar surface area (TPSA) is 89.8 Å². The molecule has 2 aromatic heterocycles. The molecule has 0 saturated heterocycles. The number of anilines is 1. The Labute approximate surface area is 80.4 Å². The molecule has 2 heterocycles. The zero-order valence-corrected chi connectivity index (χ0v) is 7.75. The summed E-state index contributed by atoms with van der Waals surface area (Å²) >= 11 is 0. The fraction of sp³-hybridized carbons (Fsp3) is 0.375. The average Bonchev–Trinajstić information content (AvgIpc) is 2.49. The van der Waals surface area contributed by atoms with Crippen LogP contribution in [-0.2, 0) is 6.54 Å². The van der Waals surface area contributed by atoms with Crippen LogP contribution in [0.15, 0.2) is 12.7 Å². The number of imidazole rings is 1. The molecular formula is C8H11N5O. The first kappa shape index (κ1) is 8.89. The fourth-order valence-electron chi connectivity index (χ4n) is 1.36. The molecule has 0 unspecified atom stereocenters. The third-order valence-electron chi connectivity index (χ3n) is 1.90. The molecule has 0 spiro atoms. The number of aliphatic hydroxyl groups excluding tert-OH is 1. The van der Waals surface area contributed by atoms with Gasteiger partial charge < -0.3 is 15.4 Å². The summed E-state index contributed by atoms with van der Waals surface area (Å²) < 4.78 is 1.75. The lowest BCUT2D eigenvalue weighted by molar-refractivity contribution is 0.175. The quantitative estimate of drug-likeness (QED) is 0.688. The third-order valence-corrected chi connectivity index (χ3v) is 1.90. The number of nitrogens with zero attached hydrogens (tertiary/aromatic N) is 4. The van der Waals surface area contributed by atoms with Gasteiger partial charge in [0, 0.05) is 6.54 Å². The van der Waals surface area contributed by atoms with Gasteiger partial charge in [0.2, 0.25) is 0 Å². The van der Waals surface area contributed by atoms with E-state index in [9.17, 15) is 5.11 Å². The Balaban J connectivity index is 2.55. The maximum absolute atomic E-state index is 9.24. The van der Waals surface area contributed by atoms with Crippen molar-refractivity contribution in [2.75, 3.05) is 5.73 Å². The van der Waals surface area contributed by atoms with Crippen LogP contribution in [0.3, 0.4) is 0 Å². The largest absolute Gasteiger partial charge is 0.392 e. The second kappa shape index (κ2) is 3.22. The van der Waals surface area contributed by atoms with Crippen molar-refractivity contribution in [2.45, 2.75) is 19.6 Å². The maximum atomic E-state index is 9.24. The van der Waals surface area contributed by atoms with E-state index in [2.05, 4.69) is 15.0 Å². The van der Waals surface area contributed by atoms with Gasteiger partial charge in [-0.2, -0.15) is 0 Å². The summed E-state index contributed by atoms with van der Waals surface area (Å²) in [6.07, 6.45) is 2.52. The van der Waals surface area contributed by atoms with Crippen LogP contribution in [-0.4, -0.2) is 30.7 Å². The molecule has 1 atom stereocenters. The average molecular weight is 193 g/mol. The summed E-state index contributed by atoms with van der Waals surface area (Å²) in [5.74, 6) is 0.383. The monoisotopic (exact) mass is 193 g/mol. The Bertz CT molecular complexity index is 450. The summed E-state index contributed by atoms with van der Waals surface area (Å²) in [5.41, 5.74) is 6.91. The van der Waals surface area contributed by atoms with Crippen LogP contribution < -0.4 is 5.73 Å². The molecule has 2 rings (SSSR count). The highest BCUT2D eigenvalue weighted by molar-refractivity contribution is 5.81. The van der Waals surface area contributed by atoms with E-state index in [0.717, 1.165) is 0 Å². The van der Waals surface area contributed by atoms with Gasteiger partial charge in [-0.25, -0.2) is 15.0 Å². The van der Waals surface area contributed by atoms with Crippen molar-refractivity contribution in [1.29, 1.82) is 0 Å². The van der Waals surface area contributed by atoms with Crippen molar-refractivity contribution >= 4 is 17.0 Å². The van der Waals surface area contributed by atoms with Crippen LogP contribution >= 0.6 is 0 Å². The van der Waals surface area contributed by atoms with Gasteiger partial charge in [-0.3, -0.25) is 0 Å². The molecule has 74 valence electrons. The Morgan fingerprint density at radius 2 is 2.29 bits per heavy atom. The summed E-state index contributed by atoms with van der Waals surface area (Å²) in [5, 5.41) is 9.24. The van der Waals surface area contributed by atoms with Crippen LogP contribution in [0.4, 0.5) is 5.82 Å². The Morgan fingerprint density at radius 1 is 1.50 bits per heavy atom. The van der Waals surface area contributed by atoms with E-state index in [4.69, 9.17) is 5.73 Å². The predicted molar refractivity (Wildman–Crippen MR) is 51.4 cm³/mol. The highest BCUT2D eigenvalue weighted by Crippen LogP contribution is 2.15. The molecule has 6 heteroatoms. The van der Waals surface area contributed by atoms with E-state index in [0.29, 0.717) is 23.5 Å². The SMILES string of the molecule is C[C@@H](O)Cn1cnc2ncnc(N)c21. The van der Waals surface area contributed by atoms with Gasteiger partial charge in [-0.15, -0.1) is 0 Å². The Morgan fingerprint density at radius 3 is 3.00 bits per heavy atom. The minimum Gasteiger partial charge on any atom is -0.392 e. The molecule has 0 fully saturated rings. The first-order valence-corrected chi connectivity index (χ1v) is 4.28. The second-order valence-corrected chi connectivity index (χ2v) is 3.18. The second-order valence-electron chi connectivity index (χ2n) is 3.18. The minimum absolute atomic E-state index is 0.383. The van der Waals surface area contributed by atoms with Crippen LogP contribution in [0.1, 0.15) is 6.92 Å². The van der Waals surface area contributed by atoms with Crippen LogP contribution in [0, 0.1) is 0 Å². The number of aromatic nitrogens is 4. The number of hydrogen-bond donors (Lipinski definition) is 2. The van der Waals surface area contributed by atoms with Gasteiger partial charge >= 0.3 is 0 Å². The molecule has 2 aromatic rings. The maximum Gasteiger partial charge on any atom is 0.182 e. The molecule has 0 aliphatic rings. The van der Waals surface area contributed by atoms with Crippen LogP contribution in [0.25, 0.3) is 11.2 Å². The molecule has 14 heavy (non-hydrogen) atoms. The highest BCUT2D eigenvalue weighted by atomic mass is 16.3. The molecule has 0 aromatic carbocycles. The van der Waals surface area contributed by atoms with Crippen molar-refractivity contribution in [2.24, 2.45) is 0 Å². The number of nitrogen functional groups attached to an aromatic ring is 1. The van der Waals surface area contributed by atoms with Crippen molar-refractivity contribution in [3.05, 3.63) is 12.7 Å². The van der Waals surface area contributed by atoms with Crippen molar-refractivity contribution in [3.8, 4) is 0 Å². The molecule has 0 radical (unpaired) electrons. The van der Waals surface area contributed by atoms with Gasteiger partial charge in [-0.05, 0) is 6.92 Å². The summed E-state index contributed by atoms with van der Waals surface area (Å²) in [7, 11) is 0. The lowest BCUT2D eigenvalue weighted by Crippen LogP contribution is -2.11. The van der Waals surface area contributed by atoms with E-state index in [-0.39, 0.29) is 0 Å². The predicted octanol–water partition coefficient (Wildman–Crippen LogP) is -0.211. The molecule has 0 aliphatic carbocycles. The lowest BCUT2D eigenvalue weighted by Gasteiger charge is -2.06.